The third-order valence-corrected chi connectivity index (χ3v) is 3.40. The summed E-state index contributed by atoms with van der Waals surface area (Å²) in [5.74, 6) is 0.371. The largest absolute Gasteiger partial charge is 0.394 e. The van der Waals surface area contributed by atoms with E-state index in [1.54, 1.807) is 11.8 Å². The summed E-state index contributed by atoms with van der Waals surface area (Å²) >= 11 is 1.58. The Morgan fingerprint density at radius 3 is 2.63 bits per heavy atom. The first kappa shape index (κ1) is 16.7. The topological polar surface area (TPSA) is 108 Å². The van der Waals surface area contributed by atoms with Gasteiger partial charge in [0, 0.05) is 12.7 Å². The minimum atomic E-state index is -1.28. The smallest absolute Gasteiger partial charge is 0.217 e. The van der Waals surface area contributed by atoms with Gasteiger partial charge in [-0.2, -0.15) is 11.8 Å². The molecule has 0 bridgehead atoms. The molecule has 1 rings (SSSR count). The standard InChI is InChI=1S/C11H21NO6S/c1-6(14)12-8-10(16)9(15)7(5-13)18-11(8)17-3-4-19-2/h7-11,13,15-16H,3-5H2,1-2H3,(H,12,14)/t7?,8?,9?,10?,11-/m1/s1. The predicted molar refractivity (Wildman–Crippen MR) is 69.7 cm³/mol. The van der Waals surface area contributed by atoms with Crippen LogP contribution in [-0.4, -0.2) is 77.1 Å². The maximum absolute atomic E-state index is 11.1. The highest BCUT2D eigenvalue weighted by Crippen LogP contribution is 2.22. The number of aliphatic hydroxyl groups excluding tert-OH is 3. The Hall–Kier alpha value is -0.380. The summed E-state index contributed by atoms with van der Waals surface area (Å²) < 4.78 is 10.8. The van der Waals surface area contributed by atoms with E-state index in [1.807, 2.05) is 6.26 Å². The molecule has 0 aromatic rings. The second kappa shape index (κ2) is 8.03. The molecule has 0 radical (unpaired) electrons. The normalized spacial score (nSPS) is 35.1. The van der Waals surface area contributed by atoms with Crippen molar-refractivity contribution in [2.24, 2.45) is 0 Å². The van der Waals surface area contributed by atoms with Gasteiger partial charge in [0.1, 0.15) is 24.4 Å². The molecule has 1 saturated heterocycles. The fourth-order valence-electron chi connectivity index (χ4n) is 1.86. The van der Waals surface area contributed by atoms with Crippen LogP contribution in [0.3, 0.4) is 0 Å². The van der Waals surface area contributed by atoms with Crippen molar-refractivity contribution in [3.05, 3.63) is 0 Å². The van der Waals surface area contributed by atoms with E-state index in [4.69, 9.17) is 14.6 Å². The Morgan fingerprint density at radius 2 is 2.11 bits per heavy atom. The molecule has 1 amide bonds. The zero-order valence-corrected chi connectivity index (χ0v) is 11.8. The van der Waals surface area contributed by atoms with E-state index in [1.165, 1.54) is 6.92 Å². The zero-order valence-electron chi connectivity index (χ0n) is 11.0. The van der Waals surface area contributed by atoms with Gasteiger partial charge in [0.2, 0.25) is 5.91 Å². The summed E-state index contributed by atoms with van der Waals surface area (Å²) in [4.78, 5) is 11.1. The van der Waals surface area contributed by atoms with Crippen molar-refractivity contribution in [2.75, 3.05) is 25.2 Å². The van der Waals surface area contributed by atoms with E-state index < -0.39 is 37.3 Å². The lowest BCUT2D eigenvalue weighted by Gasteiger charge is -2.42. The van der Waals surface area contributed by atoms with Crippen molar-refractivity contribution in [3.63, 3.8) is 0 Å². The Balaban J connectivity index is 2.71. The molecule has 4 N–H and O–H groups in total. The second-order valence-corrected chi connectivity index (χ2v) is 5.28. The van der Waals surface area contributed by atoms with E-state index in [0.717, 1.165) is 5.75 Å². The fourth-order valence-corrected chi connectivity index (χ4v) is 2.12. The van der Waals surface area contributed by atoms with Gasteiger partial charge in [0.15, 0.2) is 6.29 Å². The predicted octanol–water partition coefficient (Wildman–Crippen LogP) is -1.69. The van der Waals surface area contributed by atoms with Crippen molar-refractivity contribution in [2.45, 2.75) is 37.6 Å². The molecule has 112 valence electrons. The third kappa shape index (κ3) is 4.59. The molecule has 1 aliphatic heterocycles. The van der Waals surface area contributed by atoms with Gasteiger partial charge < -0.3 is 30.1 Å². The number of aliphatic hydroxyl groups is 3. The van der Waals surface area contributed by atoms with Crippen molar-refractivity contribution in [1.82, 2.24) is 5.32 Å². The van der Waals surface area contributed by atoms with Crippen molar-refractivity contribution >= 4 is 17.7 Å². The average Bonchev–Trinajstić information content (AvgIpc) is 2.37. The van der Waals surface area contributed by atoms with Crippen LogP contribution in [0.15, 0.2) is 0 Å². The molecule has 0 aromatic carbocycles. The molecule has 0 aromatic heterocycles. The molecular formula is C11H21NO6S. The van der Waals surface area contributed by atoms with Gasteiger partial charge in [-0.05, 0) is 6.26 Å². The lowest BCUT2D eigenvalue weighted by atomic mass is 9.97. The number of nitrogens with one attached hydrogen (secondary N) is 1. The summed E-state index contributed by atoms with van der Waals surface area (Å²) in [7, 11) is 0. The van der Waals surface area contributed by atoms with Gasteiger partial charge in [-0.1, -0.05) is 0 Å². The molecule has 1 aliphatic rings. The summed E-state index contributed by atoms with van der Waals surface area (Å²) in [6.45, 7) is 1.24. The minimum absolute atomic E-state index is 0.360. The van der Waals surface area contributed by atoms with Crippen LogP contribution in [-0.2, 0) is 14.3 Å². The van der Waals surface area contributed by atoms with Crippen molar-refractivity contribution in [1.29, 1.82) is 0 Å². The molecule has 0 saturated carbocycles. The molecule has 7 nitrogen and oxygen atoms in total. The molecule has 19 heavy (non-hydrogen) atoms. The maximum Gasteiger partial charge on any atom is 0.217 e. The molecular weight excluding hydrogens is 274 g/mol. The Labute approximate surface area is 116 Å². The Bertz CT molecular complexity index is 292. The molecule has 8 heteroatoms. The van der Waals surface area contributed by atoms with E-state index in [0.29, 0.717) is 6.61 Å². The van der Waals surface area contributed by atoms with Crippen LogP contribution in [0, 0.1) is 0 Å². The lowest BCUT2D eigenvalue weighted by molar-refractivity contribution is -0.268. The second-order valence-electron chi connectivity index (χ2n) is 4.30. The lowest BCUT2D eigenvalue weighted by Crippen LogP contribution is -2.64. The molecule has 1 heterocycles. The number of ether oxygens (including phenoxy) is 2. The van der Waals surface area contributed by atoms with Crippen LogP contribution in [0.5, 0.6) is 0 Å². The number of rotatable bonds is 6. The van der Waals surface area contributed by atoms with Gasteiger partial charge in [-0.15, -0.1) is 0 Å². The third-order valence-electron chi connectivity index (χ3n) is 2.82. The van der Waals surface area contributed by atoms with Crippen LogP contribution in [0.2, 0.25) is 0 Å². The number of carbonyl (C=O) groups excluding carboxylic acids is 1. The highest BCUT2D eigenvalue weighted by molar-refractivity contribution is 7.98. The minimum Gasteiger partial charge on any atom is -0.394 e. The number of carbonyl (C=O) groups is 1. The number of thioether (sulfide) groups is 1. The van der Waals surface area contributed by atoms with E-state index in [9.17, 15) is 15.0 Å². The molecule has 1 fully saturated rings. The van der Waals surface area contributed by atoms with E-state index in [2.05, 4.69) is 5.32 Å². The highest BCUT2D eigenvalue weighted by Gasteiger charge is 2.45. The first-order valence-corrected chi connectivity index (χ1v) is 7.40. The molecule has 0 aliphatic carbocycles. The van der Waals surface area contributed by atoms with Crippen LogP contribution in [0.25, 0.3) is 0 Å². The Morgan fingerprint density at radius 1 is 1.42 bits per heavy atom. The van der Waals surface area contributed by atoms with Gasteiger partial charge in [-0.3, -0.25) is 4.79 Å². The number of amides is 1. The van der Waals surface area contributed by atoms with Gasteiger partial charge >= 0.3 is 0 Å². The van der Waals surface area contributed by atoms with E-state index in [-0.39, 0.29) is 5.91 Å². The van der Waals surface area contributed by atoms with Crippen LogP contribution < -0.4 is 5.32 Å². The first-order valence-electron chi connectivity index (χ1n) is 6.01. The highest BCUT2D eigenvalue weighted by atomic mass is 32.2. The van der Waals surface area contributed by atoms with E-state index >= 15 is 0 Å². The molecule has 5 atom stereocenters. The summed E-state index contributed by atoms with van der Waals surface area (Å²) in [5.41, 5.74) is 0. The Kier molecular flexibility index (Phi) is 7.05. The van der Waals surface area contributed by atoms with Crippen molar-refractivity contribution in [3.8, 4) is 0 Å². The monoisotopic (exact) mass is 295 g/mol. The van der Waals surface area contributed by atoms with Crippen molar-refractivity contribution < 1.29 is 29.6 Å². The quantitative estimate of drug-likeness (QED) is 0.433. The van der Waals surface area contributed by atoms with Crippen LogP contribution >= 0.6 is 11.8 Å². The van der Waals surface area contributed by atoms with Gasteiger partial charge in [-0.25, -0.2) is 0 Å². The van der Waals surface area contributed by atoms with Gasteiger partial charge in [0.25, 0.3) is 0 Å². The summed E-state index contributed by atoms with van der Waals surface area (Å²) in [6, 6.07) is -0.864. The first-order chi connectivity index (χ1) is 9.01. The van der Waals surface area contributed by atoms with Gasteiger partial charge in [0.05, 0.1) is 13.2 Å². The summed E-state index contributed by atoms with van der Waals surface area (Å²) in [6.07, 6.45) is -2.44. The molecule has 0 spiro atoms. The molecule has 4 unspecified atom stereocenters. The average molecular weight is 295 g/mol. The van der Waals surface area contributed by atoms with Crippen LogP contribution in [0.1, 0.15) is 6.92 Å². The number of hydrogen-bond donors (Lipinski definition) is 4. The van der Waals surface area contributed by atoms with Crippen LogP contribution in [0.4, 0.5) is 0 Å². The summed E-state index contributed by atoms with van der Waals surface area (Å²) in [5, 5.41) is 31.3. The number of hydrogen-bond acceptors (Lipinski definition) is 7. The zero-order chi connectivity index (χ0) is 14.4. The maximum atomic E-state index is 11.1. The SMILES string of the molecule is CSCCO[C@@H]1OC(CO)C(O)C(O)C1NC(C)=O. The fraction of sp³-hybridized carbons (Fsp3) is 0.909.